The van der Waals surface area contributed by atoms with Crippen molar-refractivity contribution < 1.29 is 17.9 Å². The Bertz CT molecular complexity index is 681. The Morgan fingerprint density at radius 2 is 2.05 bits per heavy atom. The van der Waals surface area contributed by atoms with Crippen LogP contribution in [0.4, 0.5) is 11.4 Å². The van der Waals surface area contributed by atoms with Crippen molar-refractivity contribution in [3.05, 3.63) is 18.2 Å². The zero-order chi connectivity index (χ0) is 16.5. The number of nitrogens with one attached hydrogen (secondary N) is 2. The molecule has 1 amide bonds. The van der Waals surface area contributed by atoms with Crippen LogP contribution in [-0.4, -0.2) is 26.7 Å². The summed E-state index contributed by atoms with van der Waals surface area (Å²) >= 11 is 0. The minimum absolute atomic E-state index is 0.0298. The standard InChI is InChI=1S/C15H22N2O4S/c1-10(2)8-22(19,20)17-11-5-6-13-12(7-11)16-14(18)15(3,4)9-21-13/h5-7,10,17H,8-9H2,1-4H3,(H,16,18). The van der Waals surface area contributed by atoms with Crippen LogP contribution in [0.3, 0.4) is 0 Å². The molecule has 0 bridgehead atoms. The molecule has 0 radical (unpaired) electrons. The lowest BCUT2D eigenvalue weighted by atomic mass is 9.94. The lowest BCUT2D eigenvalue weighted by molar-refractivity contribution is -0.124. The molecule has 0 atom stereocenters. The molecule has 122 valence electrons. The first-order valence-electron chi connectivity index (χ1n) is 7.18. The van der Waals surface area contributed by atoms with Crippen LogP contribution < -0.4 is 14.8 Å². The van der Waals surface area contributed by atoms with E-state index in [1.807, 2.05) is 13.8 Å². The molecule has 0 fully saturated rings. The highest BCUT2D eigenvalue weighted by molar-refractivity contribution is 7.92. The average Bonchev–Trinajstić information content (AvgIpc) is 2.45. The van der Waals surface area contributed by atoms with Gasteiger partial charge in [-0.3, -0.25) is 9.52 Å². The van der Waals surface area contributed by atoms with Crippen LogP contribution in [0.2, 0.25) is 0 Å². The number of anilines is 2. The topological polar surface area (TPSA) is 84.5 Å². The van der Waals surface area contributed by atoms with Crippen LogP contribution >= 0.6 is 0 Å². The second-order valence-electron chi connectivity index (χ2n) is 6.61. The minimum atomic E-state index is -3.41. The summed E-state index contributed by atoms with van der Waals surface area (Å²) in [6.45, 7) is 7.53. The van der Waals surface area contributed by atoms with E-state index in [2.05, 4.69) is 10.0 Å². The maximum atomic E-state index is 12.1. The first-order valence-corrected chi connectivity index (χ1v) is 8.83. The largest absolute Gasteiger partial charge is 0.490 e. The Balaban J connectivity index is 2.24. The van der Waals surface area contributed by atoms with Gasteiger partial charge in [0.2, 0.25) is 15.9 Å². The van der Waals surface area contributed by atoms with Crippen molar-refractivity contribution in [2.75, 3.05) is 22.4 Å². The van der Waals surface area contributed by atoms with Gasteiger partial charge < -0.3 is 10.1 Å². The second-order valence-corrected chi connectivity index (χ2v) is 8.38. The molecule has 1 aliphatic heterocycles. The summed E-state index contributed by atoms with van der Waals surface area (Å²) in [6, 6.07) is 4.86. The molecular formula is C15H22N2O4S. The van der Waals surface area contributed by atoms with Crippen LogP contribution in [0.1, 0.15) is 27.7 Å². The quantitative estimate of drug-likeness (QED) is 0.890. The molecule has 1 aromatic rings. The summed E-state index contributed by atoms with van der Waals surface area (Å²) in [5.74, 6) is 0.446. The molecule has 0 aliphatic carbocycles. The van der Waals surface area contributed by atoms with E-state index in [0.29, 0.717) is 17.1 Å². The van der Waals surface area contributed by atoms with Crippen molar-refractivity contribution in [2.24, 2.45) is 11.3 Å². The van der Waals surface area contributed by atoms with E-state index in [0.717, 1.165) is 0 Å². The number of sulfonamides is 1. The minimum Gasteiger partial charge on any atom is -0.490 e. The van der Waals surface area contributed by atoms with Crippen molar-refractivity contribution >= 4 is 27.3 Å². The molecular weight excluding hydrogens is 304 g/mol. The Hall–Kier alpha value is -1.76. The zero-order valence-corrected chi connectivity index (χ0v) is 14.1. The van der Waals surface area contributed by atoms with E-state index < -0.39 is 15.4 Å². The van der Waals surface area contributed by atoms with Gasteiger partial charge in [-0.2, -0.15) is 0 Å². The summed E-state index contributed by atoms with van der Waals surface area (Å²) < 4.78 is 32.1. The van der Waals surface area contributed by atoms with E-state index in [1.54, 1.807) is 32.0 Å². The first-order chi connectivity index (χ1) is 10.1. The van der Waals surface area contributed by atoms with Gasteiger partial charge in [-0.1, -0.05) is 13.8 Å². The molecule has 1 aliphatic rings. The smallest absolute Gasteiger partial charge is 0.233 e. The molecule has 0 saturated carbocycles. The highest BCUT2D eigenvalue weighted by Gasteiger charge is 2.32. The summed E-state index contributed by atoms with van der Waals surface area (Å²) in [6.07, 6.45) is 0. The van der Waals surface area contributed by atoms with E-state index in [9.17, 15) is 13.2 Å². The normalized spacial score (nSPS) is 17.2. The van der Waals surface area contributed by atoms with Gasteiger partial charge in [-0.25, -0.2) is 8.42 Å². The molecule has 0 saturated heterocycles. The number of carbonyl (C=O) groups excluding carboxylic acids is 1. The van der Waals surface area contributed by atoms with Gasteiger partial charge >= 0.3 is 0 Å². The van der Waals surface area contributed by atoms with Crippen LogP contribution in [0.5, 0.6) is 5.75 Å². The van der Waals surface area contributed by atoms with Gasteiger partial charge in [0, 0.05) is 0 Å². The van der Waals surface area contributed by atoms with E-state index >= 15 is 0 Å². The van der Waals surface area contributed by atoms with Gasteiger partial charge in [-0.05, 0) is 38.0 Å². The van der Waals surface area contributed by atoms with Gasteiger partial charge in [-0.15, -0.1) is 0 Å². The molecule has 1 aromatic carbocycles. The predicted octanol–water partition coefficient (Wildman–Crippen LogP) is 2.44. The van der Waals surface area contributed by atoms with Crippen LogP contribution in [0, 0.1) is 11.3 Å². The lowest BCUT2D eigenvalue weighted by Crippen LogP contribution is -2.33. The lowest BCUT2D eigenvalue weighted by Gasteiger charge is -2.18. The summed E-state index contributed by atoms with van der Waals surface area (Å²) in [4.78, 5) is 12.1. The Labute approximate surface area is 131 Å². The Morgan fingerprint density at radius 3 is 2.68 bits per heavy atom. The second kappa shape index (κ2) is 5.79. The molecule has 1 heterocycles. The molecule has 7 heteroatoms. The highest BCUT2D eigenvalue weighted by Crippen LogP contribution is 2.34. The third-order valence-electron chi connectivity index (χ3n) is 3.26. The van der Waals surface area contributed by atoms with Crippen molar-refractivity contribution in [3.8, 4) is 5.75 Å². The molecule has 6 nitrogen and oxygen atoms in total. The highest BCUT2D eigenvalue weighted by atomic mass is 32.2. The zero-order valence-electron chi connectivity index (χ0n) is 13.3. The molecule has 2 rings (SSSR count). The molecule has 0 spiro atoms. The number of fused-ring (bicyclic) bond motifs is 1. The summed E-state index contributed by atoms with van der Waals surface area (Å²) in [5, 5.41) is 2.78. The number of rotatable bonds is 4. The fourth-order valence-electron chi connectivity index (χ4n) is 2.09. The van der Waals surface area contributed by atoms with Gasteiger partial charge in [0.05, 0.1) is 22.5 Å². The van der Waals surface area contributed by atoms with Gasteiger partial charge in [0.25, 0.3) is 0 Å². The van der Waals surface area contributed by atoms with Crippen LogP contribution in [0.15, 0.2) is 18.2 Å². The third kappa shape index (κ3) is 3.91. The Morgan fingerprint density at radius 1 is 1.36 bits per heavy atom. The van der Waals surface area contributed by atoms with Crippen molar-refractivity contribution in [1.82, 2.24) is 0 Å². The third-order valence-corrected chi connectivity index (χ3v) is 4.91. The SMILES string of the molecule is CC(C)CS(=O)(=O)Nc1ccc2c(c1)NC(=O)C(C)(C)CO2. The fraction of sp³-hybridized carbons (Fsp3) is 0.533. The number of hydrogen-bond donors (Lipinski definition) is 2. The maximum absolute atomic E-state index is 12.1. The van der Waals surface area contributed by atoms with E-state index in [4.69, 9.17) is 4.74 Å². The number of amides is 1. The summed E-state index contributed by atoms with van der Waals surface area (Å²) in [5.41, 5.74) is 0.236. The molecule has 22 heavy (non-hydrogen) atoms. The number of carbonyl (C=O) groups is 1. The van der Waals surface area contributed by atoms with Crippen molar-refractivity contribution in [3.63, 3.8) is 0 Å². The van der Waals surface area contributed by atoms with E-state index in [1.165, 1.54) is 0 Å². The predicted molar refractivity (Wildman–Crippen MR) is 86.6 cm³/mol. The first kappa shape index (κ1) is 16.6. The van der Waals surface area contributed by atoms with E-state index in [-0.39, 0.29) is 24.2 Å². The molecule has 0 aromatic heterocycles. The van der Waals surface area contributed by atoms with Crippen molar-refractivity contribution in [1.29, 1.82) is 0 Å². The number of hydrogen-bond acceptors (Lipinski definition) is 4. The molecule has 0 unspecified atom stereocenters. The Kier molecular flexibility index (Phi) is 4.37. The summed E-state index contributed by atoms with van der Waals surface area (Å²) in [7, 11) is -3.41. The van der Waals surface area contributed by atoms with Crippen LogP contribution in [0.25, 0.3) is 0 Å². The number of benzene rings is 1. The number of ether oxygens (including phenoxy) is 1. The van der Waals surface area contributed by atoms with Gasteiger partial charge in [0.15, 0.2) is 0 Å². The molecule has 2 N–H and O–H groups in total. The van der Waals surface area contributed by atoms with Crippen molar-refractivity contribution in [2.45, 2.75) is 27.7 Å². The monoisotopic (exact) mass is 326 g/mol. The fourth-order valence-corrected chi connectivity index (χ4v) is 3.54. The van der Waals surface area contributed by atoms with Crippen LogP contribution in [-0.2, 0) is 14.8 Å². The average molecular weight is 326 g/mol. The maximum Gasteiger partial charge on any atom is 0.233 e. The van der Waals surface area contributed by atoms with Gasteiger partial charge in [0.1, 0.15) is 12.4 Å².